The standard InChI is InChI=1S/C15H14BrNO2/c16-12-6-7-14(13(10-12)15(17)18)19-9-8-11-4-2-1-3-5-11/h1-7,10H,8-9H2,(H2,17,18). The lowest BCUT2D eigenvalue weighted by Gasteiger charge is -2.10. The first-order chi connectivity index (χ1) is 9.16. The molecule has 0 fully saturated rings. The number of ether oxygens (including phenoxy) is 1. The van der Waals surface area contributed by atoms with Gasteiger partial charge in [-0.25, -0.2) is 0 Å². The Kier molecular flexibility index (Phi) is 4.58. The van der Waals surface area contributed by atoms with Crippen molar-refractivity contribution in [1.82, 2.24) is 0 Å². The van der Waals surface area contributed by atoms with Crippen LogP contribution in [0.3, 0.4) is 0 Å². The highest BCUT2D eigenvalue weighted by Gasteiger charge is 2.09. The van der Waals surface area contributed by atoms with Gasteiger partial charge in [-0.1, -0.05) is 46.3 Å². The SMILES string of the molecule is NC(=O)c1cc(Br)ccc1OCCc1ccccc1. The number of halogens is 1. The van der Waals surface area contributed by atoms with E-state index in [2.05, 4.69) is 15.9 Å². The molecule has 0 aliphatic carbocycles. The molecule has 3 nitrogen and oxygen atoms in total. The van der Waals surface area contributed by atoms with Crippen LogP contribution in [0.25, 0.3) is 0 Å². The largest absolute Gasteiger partial charge is 0.492 e. The summed E-state index contributed by atoms with van der Waals surface area (Å²) < 4.78 is 6.44. The van der Waals surface area contributed by atoms with Crippen LogP contribution in [0.5, 0.6) is 5.75 Å². The highest BCUT2D eigenvalue weighted by atomic mass is 79.9. The molecular weight excluding hydrogens is 306 g/mol. The maximum absolute atomic E-state index is 11.3. The summed E-state index contributed by atoms with van der Waals surface area (Å²) in [7, 11) is 0. The van der Waals surface area contributed by atoms with Gasteiger partial charge in [-0.2, -0.15) is 0 Å². The monoisotopic (exact) mass is 319 g/mol. The normalized spacial score (nSPS) is 10.2. The molecule has 0 atom stereocenters. The minimum absolute atomic E-state index is 0.391. The van der Waals surface area contributed by atoms with Crippen LogP contribution in [0.1, 0.15) is 15.9 Å². The number of benzene rings is 2. The first-order valence-electron chi connectivity index (χ1n) is 5.93. The third-order valence-corrected chi connectivity index (χ3v) is 3.19. The Morgan fingerprint density at radius 3 is 2.58 bits per heavy atom. The van der Waals surface area contributed by atoms with Crippen LogP contribution in [0, 0.1) is 0 Å². The molecule has 0 heterocycles. The second-order valence-corrected chi connectivity index (χ2v) is 5.00. The molecule has 0 spiro atoms. The van der Waals surface area contributed by atoms with E-state index in [-0.39, 0.29) is 0 Å². The molecule has 2 N–H and O–H groups in total. The summed E-state index contributed by atoms with van der Waals surface area (Å²) in [6.07, 6.45) is 0.787. The zero-order chi connectivity index (χ0) is 13.7. The average molecular weight is 320 g/mol. The Hall–Kier alpha value is -1.81. The second-order valence-electron chi connectivity index (χ2n) is 4.09. The van der Waals surface area contributed by atoms with Gasteiger partial charge in [0.2, 0.25) is 0 Å². The van der Waals surface area contributed by atoms with Crippen LogP contribution < -0.4 is 10.5 Å². The Balaban J connectivity index is 2.02. The molecule has 0 aliphatic heterocycles. The zero-order valence-corrected chi connectivity index (χ0v) is 11.9. The number of hydrogen-bond donors (Lipinski definition) is 1. The summed E-state index contributed by atoms with van der Waals surface area (Å²) in [5.41, 5.74) is 6.91. The van der Waals surface area contributed by atoms with Gasteiger partial charge in [-0.15, -0.1) is 0 Å². The van der Waals surface area contributed by atoms with E-state index in [4.69, 9.17) is 10.5 Å². The highest BCUT2D eigenvalue weighted by Crippen LogP contribution is 2.23. The molecule has 0 bridgehead atoms. The topological polar surface area (TPSA) is 52.3 Å². The van der Waals surface area contributed by atoms with E-state index >= 15 is 0 Å². The van der Waals surface area contributed by atoms with Gasteiger partial charge in [-0.3, -0.25) is 4.79 Å². The van der Waals surface area contributed by atoms with Crippen molar-refractivity contribution < 1.29 is 9.53 Å². The minimum Gasteiger partial charge on any atom is -0.492 e. The van der Waals surface area contributed by atoms with Crippen molar-refractivity contribution in [2.24, 2.45) is 5.73 Å². The Morgan fingerprint density at radius 2 is 1.89 bits per heavy atom. The number of rotatable bonds is 5. The molecule has 1 amide bonds. The number of carbonyl (C=O) groups is 1. The van der Waals surface area contributed by atoms with Crippen LogP contribution in [0.2, 0.25) is 0 Å². The minimum atomic E-state index is -0.490. The van der Waals surface area contributed by atoms with Crippen LogP contribution in [-0.2, 0) is 6.42 Å². The van der Waals surface area contributed by atoms with Crippen molar-refractivity contribution in [3.63, 3.8) is 0 Å². The molecule has 0 aliphatic rings. The van der Waals surface area contributed by atoms with Gasteiger partial charge in [0.05, 0.1) is 12.2 Å². The van der Waals surface area contributed by atoms with E-state index < -0.39 is 5.91 Å². The fourth-order valence-electron chi connectivity index (χ4n) is 1.74. The van der Waals surface area contributed by atoms with Crippen molar-refractivity contribution in [3.8, 4) is 5.75 Å². The number of primary amides is 1. The summed E-state index contributed by atoms with van der Waals surface area (Å²) in [6, 6.07) is 15.3. The smallest absolute Gasteiger partial charge is 0.252 e. The maximum Gasteiger partial charge on any atom is 0.252 e. The first-order valence-corrected chi connectivity index (χ1v) is 6.72. The molecular formula is C15H14BrNO2. The second kappa shape index (κ2) is 6.38. The summed E-state index contributed by atoms with van der Waals surface area (Å²) in [5, 5.41) is 0. The van der Waals surface area contributed by atoms with Gasteiger partial charge >= 0.3 is 0 Å². The molecule has 0 saturated carbocycles. The Morgan fingerprint density at radius 1 is 1.16 bits per heavy atom. The molecule has 4 heteroatoms. The van der Waals surface area contributed by atoms with E-state index in [1.54, 1.807) is 12.1 Å². The number of carbonyl (C=O) groups excluding carboxylic acids is 1. The lowest BCUT2D eigenvalue weighted by atomic mass is 10.1. The molecule has 2 aromatic rings. The Bertz CT molecular complexity index is 570. The summed E-state index contributed by atoms with van der Waals surface area (Å²) in [5.74, 6) is 0.0302. The average Bonchev–Trinajstić information content (AvgIpc) is 2.41. The van der Waals surface area contributed by atoms with Crippen molar-refractivity contribution in [2.45, 2.75) is 6.42 Å². The van der Waals surface area contributed by atoms with Crippen LogP contribution in [0.15, 0.2) is 53.0 Å². The summed E-state index contributed by atoms with van der Waals surface area (Å²) >= 11 is 3.31. The lowest BCUT2D eigenvalue weighted by Crippen LogP contribution is -2.14. The molecule has 98 valence electrons. The van der Waals surface area contributed by atoms with Gasteiger partial charge in [0.1, 0.15) is 5.75 Å². The van der Waals surface area contributed by atoms with E-state index in [0.29, 0.717) is 17.9 Å². The van der Waals surface area contributed by atoms with E-state index in [1.165, 1.54) is 5.56 Å². The Labute approximate surface area is 120 Å². The lowest BCUT2D eigenvalue weighted by molar-refractivity contribution is 0.0996. The highest BCUT2D eigenvalue weighted by molar-refractivity contribution is 9.10. The van der Waals surface area contributed by atoms with Crippen LogP contribution in [0.4, 0.5) is 0 Å². The number of hydrogen-bond acceptors (Lipinski definition) is 2. The fraction of sp³-hybridized carbons (Fsp3) is 0.133. The first kappa shape index (κ1) is 13.6. The molecule has 2 aromatic carbocycles. The van der Waals surface area contributed by atoms with E-state index in [1.807, 2.05) is 36.4 Å². The third kappa shape index (κ3) is 3.83. The van der Waals surface area contributed by atoms with Gasteiger partial charge in [0.15, 0.2) is 0 Å². The number of amides is 1. The van der Waals surface area contributed by atoms with Crippen molar-refractivity contribution in [2.75, 3.05) is 6.61 Å². The predicted octanol–water partition coefficient (Wildman–Crippen LogP) is 3.17. The molecule has 2 rings (SSSR count). The predicted molar refractivity (Wildman–Crippen MR) is 78.3 cm³/mol. The fourth-order valence-corrected chi connectivity index (χ4v) is 2.11. The maximum atomic E-state index is 11.3. The molecule has 0 saturated heterocycles. The van der Waals surface area contributed by atoms with Gasteiger partial charge < -0.3 is 10.5 Å². The molecule has 0 aromatic heterocycles. The number of nitrogens with two attached hydrogens (primary N) is 1. The summed E-state index contributed by atoms with van der Waals surface area (Å²) in [6.45, 7) is 0.506. The van der Waals surface area contributed by atoms with Gasteiger partial charge in [0.25, 0.3) is 5.91 Å². The summed E-state index contributed by atoms with van der Waals surface area (Å²) in [4.78, 5) is 11.3. The van der Waals surface area contributed by atoms with E-state index in [9.17, 15) is 4.79 Å². The van der Waals surface area contributed by atoms with Crippen molar-refractivity contribution >= 4 is 21.8 Å². The van der Waals surface area contributed by atoms with Crippen molar-refractivity contribution in [3.05, 3.63) is 64.1 Å². The molecule has 0 radical (unpaired) electrons. The third-order valence-electron chi connectivity index (χ3n) is 2.70. The van der Waals surface area contributed by atoms with Gasteiger partial charge in [0, 0.05) is 10.9 Å². The molecule has 0 unspecified atom stereocenters. The molecule has 19 heavy (non-hydrogen) atoms. The van der Waals surface area contributed by atoms with Crippen LogP contribution >= 0.6 is 15.9 Å². The zero-order valence-electron chi connectivity index (χ0n) is 10.3. The van der Waals surface area contributed by atoms with Crippen LogP contribution in [-0.4, -0.2) is 12.5 Å². The quantitative estimate of drug-likeness (QED) is 0.920. The van der Waals surface area contributed by atoms with E-state index in [0.717, 1.165) is 10.9 Å². The van der Waals surface area contributed by atoms with Crippen molar-refractivity contribution in [1.29, 1.82) is 0 Å². The van der Waals surface area contributed by atoms with Gasteiger partial charge in [-0.05, 0) is 23.8 Å².